The van der Waals surface area contributed by atoms with Gasteiger partial charge in [-0.1, -0.05) is 60.1 Å². The van der Waals surface area contributed by atoms with Gasteiger partial charge in [-0.25, -0.2) is 4.98 Å². The third kappa shape index (κ3) is 9.51. The predicted molar refractivity (Wildman–Crippen MR) is 163 cm³/mol. The Bertz CT molecular complexity index is 995. The first-order valence-corrected chi connectivity index (χ1v) is 23.6. The molecule has 2 aromatic rings. The van der Waals surface area contributed by atoms with Crippen LogP contribution in [-0.4, -0.2) is 71.4 Å². The monoisotopic (exact) mass is 549 g/mol. The van der Waals surface area contributed by atoms with Crippen LogP contribution in [0.3, 0.4) is 0 Å². The van der Waals surface area contributed by atoms with Gasteiger partial charge in [0, 0.05) is 47.2 Å². The van der Waals surface area contributed by atoms with E-state index < -0.39 is 24.4 Å². The van der Waals surface area contributed by atoms with Gasteiger partial charge in [-0.05, 0) is 37.1 Å². The van der Waals surface area contributed by atoms with E-state index in [0.717, 1.165) is 48.2 Å². The maximum absolute atomic E-state index is 6.18. The largest absolute Gasteiger partial charge is 0.361 e. The Labute approximate surface area is 222 Å². The standard InChI is InChI=1S/C26H51N5O2Si3/c1-22(29-36(11,12)26(2,3)4)23-19-25(31-24(28-23)13-14-27-31)30(20-32-15-17-34(5,6)7)21-33-16-18-35(8,9)10/h13-14,19H,15-18,20-21H2,1-12H3. The fraction of sp³-hybridized carbons (Fsp3) is 0.731. The molecule has 0 saturated carbocycles. The quantitative estimate of drug-likeness (QED) is 0.117. The Kier molecular flexibility index (Phi) is 10.3. The highest BCUT2D eigenvalue weighted by Gasteiger charge is 2.35. The van der Waals surface area contributed by atoms with Gasteiger partial charge in [0.1, 0.15) is 19.3 Å². The van der Waals surface area contributed by atoms with Gasteiger partial charge in [-0.2, -0.15) is 9.61 Å². The van der Waals surface area contributed by atoms with Gasteiger partial charge in [-0.3, -0.25) is 0 Å². The van der Waals surface area contributed by atoms with Gasteiger partial charge in [0.25, 0.3) is 0 Å². The van der Waals surface area contributed by atoms with Gasteiger partial charge in [-0.15, -0.1) is 0 Å². The first kappa shape index (κ1) is 30.9. The highest BCUT2D eigenvalue weighted by molar-refractivity contribution is 6.79. The molecule has 0 aliphatic rings. The summed E-state index contributed by atoms with van der Waals surface area (Å²) in [5.74, 6) is 0.922. The van der Waals surface area contributed by atoms with Crippen LogP contribution < -0.4 is 4.90 Å². The van der Waals surface area contributed by atoms with Gasteiger partial charge < -0.3 is 19.0 Å². The number of rotatable bonds is 13. The van der Waals surface area contributed by atoms with Crippen molar-refractivity contribution in [1.29, 1.82) is 0 Å². The van der Waals surface area contributed by atoms with E-state index in [1.807, 2.05) is 10.6 Å². The lowest BCUT2D eigenvalue weighted by Crippen LogP contribution is -2.36. The van der Waals surface area contributed by atoms with Gasteiger partial charge in [0.15, 0.2) is 13.9 Å². The van der Waals surface area contributed by atoms with Crippen molar-refractivity contribution in [2.75, 3.05) is 31.6 Å². The van der Waals surface area contributed by atoms with Crippen molar-refractivity contribution < 1.29 is 9.47 Å². The van der Waals surface area contributed by atoms with Crippen LogP contribution in [0.4, 0.5) is 5.82 Å². The topological polar surface area (TPSA) is 64.2 Å². The molecule has 0 saturated heterocycles. The van der Waals surface area contributed by atoms with E-state index in [-0.39, 0.29) is 5.04 Å². The molecule has 0 bridgehead atoms. The Morgan fingerprint density at radius 3 is 1.94 bits per heavy atom. The first-order chi connectivity index (χ1) is 16.4. The molecule has 0 atom stereocenters. The second kappa shape index (κ2) is 12.0. The lowest BCUT2D eigenvalue weighted by molar-refractivity contribution is 0.0942. The van der Waals surface area contributed by atoms with Gasteiger partial charge >= 0.3 is 0 Å². The van der Waals surface area contributed by atoms with Crippen molar-refractivity contribution >= 4 is 41.6 Å². The zero-order valence-corrected chi connectivity index (χ0v) is 28.0. The summed E-state index contributed by atoms with van der Waals surface area (Å²) >= 11 is 0. The average molecular weight is 550 g/mol. The number of anilines is 1. The lowest BCUT2D eigenvalue weighted by Gasteiger charge is -2.33. The Morgan fingerprint density at radius 1 is 0.944 bits per heavy atom. The highest BCUT2D eigenvalue weighted by Crippen LogP contribution is 2.37. The summed E-state index contributed by atoms with van der Waals surface area (Å²) in [6.45, 7) is 30.2. The molecular formula is C26H51N5O2Si3. The molecule has 2 heterocycles. The lowest BCUT2D eigenvalue weighted by atomic mass is 10.2. The molecule has 36 heavy (non-hydrogen) atoms. The second-order valence-electron chi connectivity index (χ2n) is 13.8. The van der Waals surface area contributed by atoms with Crippen LogP contribution in [0.25, 0.3) is 5.65 Å². The fourth-order valence-corrected chi connectivity index (χ4v) is 6.03. The van der Waals surface area contributed by atoms with Gasteiger partial charge in [0.2, 0.25) is 0 Å². The molecule has 2 rings (SSSR count). The number of ether oxygens (including phenoxy) is 2. The minimum atomic E-state index is -1.86. The Balaban J connectivity index is 2.38. The molecule has 7 nitrogen and oxygen atoms in total. The predicted octanol–water partition coefficient (Wildman–Crippen LogP) is 6.97. The molecule has 0 N–H and O–H groups in total. The third-order valence-corrected chi connectivity index (χ3v) is 14.8. The molecule has 10 heteroatoms. The van der Waals surface area contributed by atoms with Crippen molar-refractivity contribution in [2.24, 2.45) is 4.66 Å². The summed E-state index contributed by atoms with van der Waals surface area (Å²) in [6, 6.07) is 6.31. The number of nitrogens with zero attached hydrogens (tertiary/aromatic N) is 5. The van der Waals surface area contributed by atoms with Crippen LogP contribution in [0.1, 0.15) is 33.4 Å². The number of fused-ring (bicyclic) bond motifs is 1. The van der Waals surface area contributed by atoms with Crippen LogP contribution in [0.2, 0.25) is 69.5 Å². The molecular weight excluding hydrogens is 499 g/mol. The van der Waals surface area contributed by atoms with E-state index in [4.69, 9.17) is 19.1 Å². The number of aromatic nitrogens is 3. The maximum atomic E-state index is 6.18. The second-order valence-corrected chi connectivity index (χ2v) is 29.9. The highest BCUT2D eigenvalue weighted by atomic mass is 28.3. The summed E-state index contributed by atoms with van der Waals surface area (Å²) in [6.07, 6.45) is 1.80. The molecule has 0 unspecified atom stereocenters. The van der Waals surface area contributed by atoms with Crippen molar-refractivity contribution in [1.82, 2.24) is 14.6 Å². The zero-order chi connectivity index (χ0) is 27.4. The zero-order valence-electron chi connectivity index (χ0n) is 25.0. The van der Waals surface area contributed by atoms with E-state index in [0.29, 0.717) is 13.5 Å². The molecule has 204 valence electrons. The van der Waals surface area contributed by atoms with E-state index in [2.05, 4.69) is 96.1 Å². The molecule has 0 radical (unpaired) electrons. The smallest absolute Gasteiger partial charge is 0.181 e. The third-order valence-electron chi connectivity index (χ3n) is 6.80. The van der Waals surface area contributed by atoms with Crippen LogP contribution in [0, 0.1) is 0 Å². The Morgan fingerprint density at radius 2 is 1.47 bits per heavy atom. The summed E-state index contributed by atoms with van der Waals surface area (Å²) in [4.78, 5) is 7.03. The first-order valence-electron chi connectivity index (χ1n) is 13.2. The summed E-state index contributed by atoms with van der Waals surface area (Å²) in [7, 11) is -4.20. The van der Waals surface area contributed by atoms with Crippen molar-refractivity contribution in [3.63, 3.8) is 0 Å². The summed E-state index contributed by atoms with van der Waals surface area (Å²) in [5.41, 5.74) is 2.67. The minimum absolute atomic E-state index is 0.165. The van der Waals surface area contributed by atoms with Crippen molar-refractivity contribution in [3.05, 3.63) is 24.0 Å². The van der Waals surface area contributed by atoms with E-state index in [9.17, 15) is 0 Å². The molecule has 0 fully saturated rings. The molecule has 0 aromatic carbocycles. The normalized spacial score (nSPS) is 14.1. The molecule has 0 aliphatic carbocycles. The summed E-state index contributed by atoms with van der Waals surface area (Å²) in [5, 5.41) is 4.74. The van der Waals surface area contributed by atoms with E-state index in [1.165, 1.54) is 0 Å². The van der Waals surface area contributed by atoms with Crippen molar-refractivity contribution in [2.45, 2.75) is 97.2 Å². The average Bonchev–Trinajstić information content (AvgIpc) is 3.18. The molecule has 0 amide bonds. The molecule has 0 spiro atoms. The van der Waals surface area contributed by atoms with E-state index >= 15 is 0 Å². The maximum Gasteiger partial charge on any atom is 0.181 e. The fourth-order valence-electron chi connectivity index (χ4n) is 3.23. The van der Waals surface area contributed by atoms with Crippen LogP contribution in [-0.2, 0) is 9.47 Å². The van der Waals surface area contributed by atoms with Gasteiger partial charge in [0.05, 0.1) is 11.9 Å². The summed E-state index contributed by atoms with van der Waals surface area (Å²) < 4.78 is 19.5. The molecule has 0 aliphatic heterocycles. The number of hydrogen-bond donors (Lipinski definition) is 0. The Hall–Kier alpha value is -1.34. The van der Waals surface area contributed by atoms with Crippen LogP contribution in [0.5, 0.6) is 0 Å². The van der Waals surface area contributed by atoms with Crippen molar-refractivity contribution in [3.8, 4) is 0 Å². The number of hydrogen-bond acceptors (Lipinski definition) is 6. The van der Waals surface area contributed by atoms with Crippen LogP contribution >= 0.6 is 0 Å². The molecule has 2 aromatic heterocycles. The minimum Gasteiger partial charge on any atom is -0.361 e. The van der Waals surface area contributed by atoms with Crippen LogP contribution in [0.15, 0.2) is 23.0 Å². The SMILES string of the molecule is CC(=N[Si](C)(C)C(C)(C)C)c1cc(N(COCC[Si](C)(C)C)COCC[Si](C)(C)C)n2nccc2n1. The van der Waals surface area contributed by atoms with E-state index in [1.54, 1.807) is 6.20 Å².